The molecule has 4 rings (SSSR count). The van der Waals surface area contributed by atoms with Crippen LogP contribution in [0, 0.1) is 0 Å². The van der Waals surface area contributed by atoms with Crippen LogP contribution in [0.2, 0.25) is 39.3 Å². The van der Waals surface area contributed by atoms with Gasteiger partial charge in [-0.05, 0) is 91.0 Å². The number of hydrogen-bond acceptors (Lipinski definition) is 0. The predicted octanol–water partition coefficient (Wildman–Crippen LogP) is 7.23. The average molecular weight is 603 g/mol. The lowest BCUT2D eigenvalue weighted by atomic mass is 9.86. The van der Waals surface area contributed by atoms with Gasteiger partial charge in [0.25, 0.3) is 0 Å². The fraction of sp³-hybridized carbons (Fsp3) is 0.333. The first-order chi connectivity index (χ1) is 20.4. The Labute approximate surface area is 265 Å². The van der Waals surface area contributed by atoms with Crippen molar-refractivity contribution in [2.75, 3.05) is 0 Å². The van der Waals surface area contributed by atoms with E-state index in [1.165, 1.54) is 21.5 Å². The van der Waals surface area contributed by atoms with Crippen LogP contribution >= 0.6 is 0 Å². The molecule has 0 aromatic heterocycles. The van der Waals surface area contributed by atoms with Crippen molar-refractivity contribution in [2.24, 2.45) is 0 Å². The van der Waals surface area contributed by atoms with E-state index in [2.05, 4.69) is 186 Å². The molecule has 218 valence electrons. The van der Waals surface area contributed by atoms with E-state index in [-0.39, 0.29) is 10.8 Å². The second-order valence-corrected chi connectivity index (χ2v) is 25.5. The molecule has 0 atom stereocenters. The van der Waals surface area contributed by atoms with Crippen molar-refractivity contribution in [3.8, 4) is 0 Å². The first-order valence-electron chi connectivity index (χ1n) is 15.2. The minimum atomic E-state index is -1.67. The lowest BCUT2D eigenvalue weighted by Gasteiger charge is -2.40. The molecule has 2 aromatic carbocycles. The predicted molar refractivity (Wildman–Crippen MR) is 191 cm³/mol. The molecule has 0 amide bonds. The molecular weight excluding hydrogens is 561 g/mol. The minimum absolute atomic E-state index is 0.00953. The molecule has 0 heterocycles. The maximum atomic E-state index is 3.43. The van der Waals surface area contributed by atoms with E-state index < -0.39 is 16.1 Å². The van der Waals surface area contributed by atoms with Gasteiger partial charge in [0.1, 0.15) is 0 Å². The summed E-state index contributed by atoms with van der Waals surface area (Å²) in [5.74, 6) is 0. The van der Waals surface area contributed by atoms with Crippen LogP contribution in [0.4, 0.5) is 0 Å². The number of fused-ring (bicyclic) bond motifs is 3. The van der Waals surface area contributed by atoms with Crippen LogP contribution in [-0.2, 0) is 10.8 Å². The summed E-state index contributed by atoms with van der Waals surface area (Å²) in [5, 5.41) is 6.35. The normalized spacial score (nSPS) is 14.2. The second-order valence-electron chi connectivity index (χ2n) is 15.5. The fourth-order valence-corrected chi connectivity index (χ4v) is 11.1. The highest BCUT2D eigenvalue weighted by atomic mass is 28.3. The van der Waals surface area contributed by atoms with Crippen molar-refractivity contribution in [3.05, 3.63) is 136 Å². The lowest BCUT2D eigenvalue weighted by molar-refractivity contribution is 0.589. The van der Waals surface area contributed by atoms with Gasteiger partial charge in [-0.1, -0.05) is 127 Å². The molecule has 0 spiro atoms. The van der Waals surface area contributed by atoms with Crippen LogP contribution in [0.25, 0.3) is 22.9 Å². The summed E-state index contributed by atoms with van der Waals surface area (Å²) in [6.45, 7) is 27.6. The van der Waals surface area contributed by atoms with Crippen LogP contribution < -0.4 is 20.9 Å². The molecule has 0 nitrogen and oxygen atoms in total. The third kappa shape index (κ3) is 7.43. The van der Waals surface area contributed by atoms with Crippen molar-refractivity contribution in [1.82, 2.24) is 0 Å². The SMILES string of the molecule is CC(C)(C)c1ccc2c(c1)=C=C=C=C=c1cc(C(C)(C)C)ccc1=C=C=C=C=C1C(=C=C=C=C=2)C([Si](C)(C)C)=C1[Si](C)(C)C. The molecule has 0 aliphatic heterocycles. The summed E-state index contributed by atoms with van der Waals surface area (Å²) in [6, 6.07) is 12.7. The number of allylic oxidation sites excluding steroid dienone is 4. The molecule has 2 aliphatic carbocycles. The second kappa shape index (κ2) is 12.0. The van der Waals surface area contributed by atoms with Crippen molar-refractivity contribution < 1.29 is 0 Å². The quantitative estimate of drug-likeness (QED) is 0.251. The van der Waals surface area contributed by atoms with Gasteiger partial charge in [-0.15, -0.1) is 0 Å². The fourth-order valence-electron chi connectivity index (χ4n) is 5.22. The van der Waals surface area contributed by atoms with Crippen LogP contribution in [0.3, 0.4) is 0 Å². The maximum absolute atomic E-state index is 3.43. The van der Waals surface area contributed by atoms with E-state index in [1.807, 2.05) is 0 Å². The van der Waals surface area contributed by atoms with Crippen LogP contribution in [0.15, 0.2) is 104 Å². The highest BCUT2D eigenvalue weighted by Gasteiger charge is 2.43. The Balaban J connectivity index is 2.38. The Morgan fingerprint density at radius 2 is 0.705 bits per heavy atom. The molecule has 0 fully saturated rings. The van der Waals surface area contributed by atoms with Gasteiger partial charge in [0, 0.05) is 32.0 Å². The Kier molecular flexibility index (Phi) is 8.90. The van der Waals surface area contributed by atoms with Crippen molar-refractivity contribution >= 4 is 39.1 Å². The van der Waals surface area contributed by atoms with Gasteiger partial charge in [-0.25, -0.2) is 0 Å². The standard InChI is InChI=1S/C42H42Si2/c1-41(2,3)35-27-25-31-19-15-17-23-37-38(40(44(10,11)12)39(37)43(7,8)9)24-18-16-20-32-26-28-36(42(4,5)6)30-34(32)22-14-13-21-33(31)29-35/h25-30H,1-12H3. The number of hydrogen-bond donors (Lipinski definition) is 0. The Morgan fingerprint density at radius 3 is 1.00 bits per heavy atom. The van der Waals surface area contributed by atoms with Crippen LogP contribution in [0.1, 0.15) is 52.7 Å². The number of benzene rings is 2. The minimum Gasteiger partial charge on any atom is -0.0656 e. The van der Waals surface area contributed by atoms with Crippen molar-refractivity contribution in [2.45, 2.75) is 91.7 Å². The molecule has 2 heteroatoms. The molecule has 2 aromatic rings. The van der Waals surface area contributed by atoms with Gasteiger partial charge in [-0.2, -0.15) is 0 Å². The zero-order valence-corrected chi connectivity index (χ0v) is 30.5. The highest BCUT2D eigenvalue weighted by Crippen LogP contribution is 2.47. The van der Waals surface area contributed by atoms with Crippen molar-refractivity contribution in [1.29, 1.82) is 0 Å². The molecule has 0 bridgehead atoms. The monoisotopic (exact) mass is 602 g/mol. The summed E-state index contributed by atoms with van der Waals surface area (Å²) in [7, 11) is -3.34. The van der Waals surface area contributed by atoms with Gasteiger partial charge in [0.05, 0.1) is 16.1 Å². The molecule has 0 N–H and O–H groups in total. The van der Waals surface area contributed by atoms with Crippen LogP contribution in [-0.4, -0.2) is 16.1 Å². The van der Waals surface area contributed by atoms with E-state index in [9.17, 15) is 0 Å². The van der Waals surface area contributed by atoms with Crippen LogP contribution in [0.5, 0.6) is 0 Å². The first-order valence-corrected chi connectivity index (χ1v) is 22.2. The van der Waals surface area contributed by atoms with E-state index in [0.29, 0.717) is 0 Å². The summed E-state index contributed by atoms with van der Waals surface area (Å²) < 4.78 is 0. The van der Waals surface area contributed by atoms with E-state index in [4.69, 9.17) is 0 Å². The summed E-state index contributed by atoms with van der Waals surface area (Å²) in [6.07, 6.45) is 0. The van der Waals surface area contributed by atoms with Gasteiger partial charge in [0.15, 0.2) is 0 Å². The summed E-state index contributed by atoms with van der Waals surface area (Å²) in [4.78, 5) is 0. The largest absolute Gasteiger partial charge is 0.0792 e. The Bertz CT molecular complexity index is 2140. The maximum Gasteiger partial charge on any atom is 0.0792 e. The van der Waals surface area contributed by atoms with Gasteiger partial charge in [-0.3, -0.25) is 0 Å². The molecule has 0 saturated carbocycles. The van der Waals surface area contributed by atoms with Gasteiger partial charge >= 0.3 is 0 Å². The summed E-state index contributed by atoms with van der Waals surface area (Å²) in [5.41, 5.74) is 43.3. The topological polar surface area (TPSA) is 0 Å². The Hall–Kier alpha value is -4.29. The van der Waals surface area contributed by atoms with Gasteiger partial charge in [0.2, 0.25) is 0 Å². The zero-order valence-electron chi connectivity index (χ0n) is 28.5. The highest BCUT2D eigenvalue weighted by molar-refractivity contribution is 6.92. The van der Waals surface area contributed by atoms with E-state index >= 15 is 0 Å². The van der Waals surface area contributed by atoms with Gasteiger partial charge < -0.3 is 0 Å². The molecule has 44 heavy (non-hydrogen) atoms. The molecule has 0 saturated heterocycles. The van der Waals surface area contributed by atoms with E-state index in [0.717, 1.165) is 32.0 Å². The Morgan fingerprint density at radius 1 is 0.409 bits per heavy atom. The third-order valence-corrected chi connectivity index (χ3v) is 11.9. The third-order valence-electron chi connectivity index (χ3n) is 7.62. The zero-order chi connectivity index (χ0) is 32.5. The molecular formula is C42H42Si2. The molecule has 0 unspecified atom stereocenters. The van der Waals surface area contributed by atoms with E-state index in [1.54, 1.807) is 0 Å². The molecule has 0 radical (unpaired) electrons. The molecule has 2 aliphatic rings. The smallest absolute Gasteiger partial charge is 0.0656 e. The average Bonchev–Trinajstić information content (AvgIpc) is 2.87. The number of rotatable bonds is 2. The summed E-state index contributed by atoms with van der Waals surface area (Å²) >= 11 is 0. The first kappa shape index (κ1) is 32.6. The van der Waals surface area contributed by atoms with Crippen molar-refractivity contribution in [3.63, 3.8) is 0 Å². The lowest BCUT2D eigenvalue weighted by Crippen LogP contribution is -2.41.